The van der Waals surface area contributed by atoms with Crippen LogP contribution in [-0.4, -0.2) is 24.7 Å². The third kappa shape index (κ3) is 3.05. The molecule has 0 aliphatic carbocycles. The van der Waals surface area contributed by atoms with Gasteiger partial charge in [-0.2, -0.15) is 0 Å². The van der Waals surface area contributed by atoms with Gasteiger partial charge in [-0.1, -0.05) is 11.6 Å². The highest BCUT2D eigenvalue weighted by molar-refractivity contribution is 6.35. The second-order valence-corrected chi connectivity index (χ2v) is 5.70. The van der Waals surface area contributed by atoms with Crippen LogP contribution in [0.2, 0.25) is 5.02 Å². The van der Waals surface area contributed by atoms with Gasteiger partial charge in [0, 0.05) is 11.6 Å². The van der Waals surface area contributed by atoms with E-state index in [1.54, 1.807) is 6.20 Å². The molecular formula is C16H19ClN2O. The fourth-order valence-electron chi connectivity index (χ4n) is 2.73. The van der Waals surface area contributed by atoms with E-state index in [-0.39, 0.29) is 0 Å². The van der Waals surface area contributed by atoms with Gasteiger partial charge in [-0.05, 0) is 62.5 Å². The van der Waals surface area contributed by atoms with Gasteiger partial charge in [0.2, 0.25) is 0 Å². The molecule has 1 aromatic heterocycles. The Labute approximate surface area is 124 Å². The summed E-state index contributed by atoms with van der Waals surface area (Å²) in [5, 5.41) is 5.10. The largest absolute Gasteiger partial charge is 0.491 e. The predicted octanol–water partition coefficient (Wildman–Crippen LogP) is 3.66. The Kier molecular flexibility index (Phi) is 4.38. The first kappa shape index (κ1) is 13.7. The maximum absolute atomic E-state index is 6.18. The van der Waals surface area contributed by atoms with Crippen LogP contribution < -0.4 is 10.1 Å². The summed E-state index contributed by atoms with van der Waals surface area (Å²) in [6.07, 6.45) is 5.44. The van der Waals surface area contributed by atoms with Crippen molar-refractivity contribution in [2.24, 2.45) is 5.92 Å². The van der Waals surface area contributed by atoms with Gasteiger partial charge in [-0.3, -0.25) is 4.98 Å². The Morgan fingerprint density at radius 1 is 1.35 bits per heavy atom. The molecule has 1 atom stereocenters. The lowest BCUT2D eigenvalue weighted by molar-refractivity contribution is 0.256. The lowest BCUT2D eigenvalue weighted by Gasteiger charge is -2.22. The second-order valence-electron chi connectivity index (χ2n) is 5.29. The summed E-state index contributed by atoms with van der Waals surface area (Å²) in [4.78, 5) is 4.39. The Morgan fingerprint density at radius 3 is 3.15 bits per heavy atom. The first-order valence-electron chi connectivity index (χ1n) is 7.21. The van der Waals surface area contributed by atoms with Crippen LogP contribution >= 0.6 is 11.6 Å². The summed E-state index contributed by atoms with van der Waals surface area (Å²) in [5.41, 5.74) is 0.849. The van der Waals surface area contributed by atoms with E-state index >= 15 is 0 Å². The van der Waals surface area contributed by atoms with Crippen molar-refractivity contribution in [3.8, 4) is 5.75 Å². The number of aromatic nitrogens is 1. The maximum Gasteiger partial charge on any atom is 0.145 e. The van der Waals surface area contributed by atoms with E-state index in [0.717, 1.165) is 53.7 Å². The predicted molar refractivity (Wildman–Crippen MR) is 82.5 cm³/mol. The smallest absolute Gasteiger partial charge is 0.145 e. The summed E-state index contributed by atoms with van der Waals surface area (Å²) in [7, 11) is 0. The highest BCUT2D eigenvalue weighted by Gasteiger charge is 2.13. The molecule has 0 spiro atoms. The first-order valence-corrected chi connectivity index (χ1v) is 7.59. The number of nitrogens with zero attached hydrogens (tertiary/aromatic N) is 1. The molecule has 20 heavy (non-hydrogen) atoms. The minimum atomic E-state index is 0.719. The van der Waals surface area contributed by atoms with Crippen molar-refractivity contribution in [1.29, 1.82) is 0 Å². The summed E-state index contributed by atoms with van der Waals surface area (Å²) in [6.45, 7) is 3.01. The molecule has 2 heterocycles. The Balaban J connectivity index is 1.67. The van der Waals surface area contributed by atoms with Crippen LogP contribution in [0.4, 0.5) is 0 Å². The lowest BCUT2D eigenvalue weighted by atomic mass is 9.97. The zero-order valence-electron chi connectivity index (χ0n) is 11.4. The van der Waals surface area contributed by atoms with Gasteiger partial charge in [0.1, 0.15) is 11.3 Å². The van der Waals surface area contributed by atoms with Crippen molar-refractivity contribution in [2.75, 3.05) is 19.7 Å². The van der Waals surface area contributed by atoms with Crippen molar-refractivity contribution in [3.63, 3.8) is 0 Å². The zero-order valence-corrected chi connectivity index (χ0v) is 12.2. The maximum atomic E-state index is 6.18. The van der Waals surface area contributed by atoms with Crippen LogP contribution in [0.15, 0.2) is 30.5 Å². The van der Waals surface area contributed by atoms with E-state index in [4.69, 9.17) is 16.3 Å². The van der Waals surface area contributed by atoms with Crippen molar-refractivity contribution in [3.05, 3.63) is 35.5 Å². The standard InChI is InChI=1S/C16H19ClN2O/c17-14-5-6-15(16-13(14)4-2-9-19-16)20-10-7-12-3-1-8-18-11-12/h2,4-6,9,12,18H,1,3,7-8,10-11H2. The topological polar surface area (TPSA) is 34.1 Å². The van der Waals surface area contributed by atoms with Gasteiger partial charge in [-0.15, -0.1) is 0 Å². The van der Waals surface area contributed by atoms with Crippen molar-refractivity contribution < 1.29 is 4.74 Å². The summed E-state index contributed by atoms with van der Waals surface area (Å²) < 4.78 is 5.93. The number of hydrogen-bond acceptors (Lipinski definition) is 3. The molecule has 0 saturated carbocycles. The van der Waals surface area contributed by atoms with E-state index in [1.165, 1.54) is 12.8 Å². The number of ether oxygens (including phenoxy) is 1. The minimum absolute atomic E-state index is 0.719. The van der Waals surface area contributed by atoms with E-state index in [0.29, 0.717) is 0 Å². The molecule has 1 aliphatic heterocycles. The molecule has 2 aromatic rings. The molecule has 1 N–H and O–H groups in total. The molecule has 1 saturated heterocycles. The van der Waals surface area contributed by atoms with Gasteiger partial charge >= 0.3 is 0 Å². The van der Waals surface area contributed by atoms with Crippen LogP contribution in [0, 0.1) is 5.92 Å². The van der Waals surface area contributed by atoms with Gasteiger partial charge in [-0.25, -0.2) is 0 Å². The number of fused-ring (bicyclic) bond motifs is 1. The molecule has 3 nitrogen and oxygen atoms in total. The van der Waals surface area contributed by atoms with Crippen LogP contribution in [0.3, 0.4) is 0 Å². The number of benzene rings is 1. The number of nitrogens with one attached hydrogen (secondary N) is 1. The number of hydrogen-bond donors (Lipinski definition) is 1. The van der Waals surface area contributed by atoms with Gasteiger partial charge < -0.3 is 10.1 Å². The summed E-state index contributed by atoms with van der Waals surface area (Å²) in [6, 6.07) is 7.66. The van der Waals surface area contributed by atoms with Crippen molar-refractivity contribution in [1.82, 2.24) is 10.3 Å². The number of halogens is 1. The van der Waals surface area contributed by atoms with Crippen LogP contribution in [0.25, 0.3) is 10.9 Å². The molecule has 1 unspecified atom stereocenters. The molecule has 0 amide bonds. The van der Waals surface area contributed by atoms with Gasteiger partial charge in [0.25, 0.3) is 0 Å². The highest BCUT2D eigenvalue weighted by Crippen LogP contribution is 2.29. The quantitative estimate of drug-likeness (QED) is 0.933. The third-order valence-electron chi connectivity index (χ3n) is 3.86. The van der Waals surface area contributed by atoms with Crippen LogP contribution in [-0.2, 0) is 0 Å². The molecule has 106 valence electrons. The van der Waals surface area contributed by atoms with E-state index in [9.17, 15) is 0 Å². The summed E-state index contributed by atoms with van der Waals surface area (Å²) >= 11 is 6.18. The highest BCUT2D eigenvalue weighted by atomic mass is 35.5. The van der Waals surface area contributed by atoms with E-state index < -0.39 is 0 Å². The molecule has 4 heteroatoms. The summed E-state index contributed by atoms with van der Waals surface area (Å²) in [5.74, 6) is 1.56. The minimum Gasteiger partial charge on any atom is -0.491 e. The number of pyridine rings is 1. The van der Waals surface area contributed by atoms with E-state index in [2.05, 4.69) is 10.3 Å². The van der Waals surface area contributed by atoms with Gasteiger partial charge in [0.15, 0.2) is 0 Å². The molecule has 0 radical (unpaired) electrons. The monoisotopic (exact) mass is 290 g/mol. The average molecular weight is 291 g/mol. The Bertz CT molecular complexity index is 582. The van der Waals surface area contributed by atoms with Crippen molar-refractivity contribution in [2.45, 2.75) is 19.3 Å². The van der Waals surface area contributed by atoms with E-state index in [1.807, 2.05) is 24.3 Å². The Hall–Kier alpha value is -1.32. The molecule has 0 bridgehead atoms. The van der Waals surface area contributed by atoms with Crippen LogP contribution in [0.1, 0.15) is 19.3 Å². The SMILES string of the molecule is Clc1ccc(OCCC2CCCNC2)c2ncccc12. The number of rotatable bonds is 4. The molecule has 1 aliphatic rings. The average Bonchev–Trinajstić information content (AvgIpc) is 2.51. The molecule has 1 fully saturated rings. The molecular weight excluding hydrogens is 272 g/mol. The number of piperidine rings is 1. The normalized spacial score (nSPS) is 19.1. The fourth-order valence-corrected chi connectivity index (χ4v) is 2.95. The molecule has 3 rings (SSSR count). The van der Waals surface area contributed by atoms with Crippen LogP contribution in [0.5, 0.6) is 5.75 Å². The first-order chi connectivity index (χ1) is 9.84. The van der Waals surface area contributed by atoms with Gasteiger partial charge in [0.05, 0.1) is 11.6 Å². The molecule has 1 aromatic carbocycles. The fraction of sp³-hybridized carbons (Fsp3) is 0.438. The second kappa shape index (κ2) is 6.42. The lowest BCUT2D eigenvalue weighted by Crippen LogP contribution is -2.30. The third-order valence-corrected chi connectivity index (χ3v) is 4.19. The Morgan fingerprint density at radius 2 is 2.30 bits per heavy atom. The van der Waals surface area contributed by atoms with Crippen molar-refractivity contribution >= 4 is 22.5 Å². The zero-order chi connectivity index (χ0) is 13.8.